The average molecular weight is 545 g/mol. The summed E-state index contributed by atoms with van der Waals surface area (Å²) in [5.41, 5.74) is 1.71. The van der Waals surface area contributed by atoms with Crippen LogP contribution in [0.2, 0.25) is 0 Å². The van der Waals surface area contributed by atoms with Gasteiger partial charge in [0, 0.05) is 34.8 Å². The van der Waals surface area contributed by atoms with Gasteiger partial charge in [-0.1, -0.05) is 17.3 Å². The fourth-order valence-corrected chi connectivity index (χ4v) is 5.78. The number of benzene rings is 1. The van der Waals surface area contributed by atoms with Crippen molar-refractivity contribution in [2.24, 2.45) is 0 Å². The number of halogens is 3. The molecule has 3 fully saturated rings. The number of fused-ring (bicyclic) bond motifs is 2. The van der Waals surface area contributed by atoms with Gasteiger partial charge >= 0.3 is 12.3 Å². The Balaban J connectivity index is 1.21. The van der Waals surface area contributed by atoms with Gasteiger partial charge in [0.25, 0.3) is 0 Å². The summed E-state index contributed by atoms with van der Waals surface area (Å²) in [7, 11) is 0. The van der Waals surface area contributed by atoms with E-state index in [1.54, 1.807) is 13.0 Å². The van der Waals surface area contributed by atoms with Crippen molar-refractivity contribution in [3.63, 3.8) is 0 Å². The van der Waals surface area contributed by atoms with E-state index in [4.69, 9.17) is 9.26 Å². The number of anilines is 1. The molecule has 2 aromatic heterocycles. The first-order valence-corrected chi connectivity index (χ1v) is 13.0. The van der Waals surface area contributed by atoms with Gasteiger partial charge in [0.2, 0.25) is 5.95 Å². The van der Waals surface area contributed by atoms with E-state index < -0.39 is 12.3 Å². The maximum absolute atomic E-state index is 13.1. The zero-order chi connectivity index (χ0) is 27.3. The molecule has 9 nitrogen and oxygen atoms in total. The molecule has 1 aliphatic carbocycles. The highest BCUT2D eigenvalue weighted by atomic mass is 19.4. The lowest BCUT2D eigenvalue weighted by Gasteiger charge is -2.39. The third-order valence-electron chi connectivity index (χ3n) is 7.58. The van der Waals surface area contributed by atoms with E-state index in [-0.39, 0.29) is 47.7 Å². The molecular formula is C27H27F3N4O5. The summed E-state index contributed by atoms with van der Waals surface area (Å²) in [6.45, 7) is 1.90. The van der Waals surface area contributed by atoms with Gasteiger partial charge in [-0.15, -0.1) is 13.2 Å². The van der Waals surface area contributed by atoms with E-state index in [0.29, 0.717) is 41.5 Å². The number of aromatic nitrogens is 3. The molecule has 1 unspecified atom stereocenters. The lowest BCUT2D eigenvalue weighted by atomic mass is 9.99. The van der Waals surface area contributed by atoms with Crippen LogP contribution >= 0.6 is 0 Å². The third-order valence-corrected chi connectivity index (χ3v) is 7.58. The van der Waals surface area contributed by atoms with Crippen LogP contribution in [0.1, 0.15) is 71.9 Å². The maximum Gasteiger partial charge on any atom is 0.573 e. The number of para-hydroxylation sites is 1. The van der Waals surface area contributed by atoms with Crippen LogP contribution in [0.3, 0.4) is 0 Å². The molecule has 0 radical (unpaired) electrons. The first kappa shape index (κ1) is 25.6. The van der Waals surface area contributed by atoms with Crippen LogP contribution in [0, 0.1) is 6.92 Å². The van der Waals surface area contributed by atoms with Gasteiger partial charge in [-0.2, -0.15) is 0 Å². The number of aryl methyl sites for hydroxylation is 1. The average Bonchev–Trinajstić information content (AvgIpc) is 3.58. The first-order valence-electron chi connectivity index (χ1n) is 13.0. The topological polar surface area (TPSA) is 111 Å². The number of nitrogens with zero attached hydrogens (tertiary/aromatic N) is 4. The number of rotatable bonds is 8. The molecule has 6 rings (SSSR count). The Morgan fingerprint density at radius 3 is 2.51 bits per heavy atom. The van der Waals surface area contributed by atoms with Crippen molar-refractivity contribution >= 4 is 11.9 Å². The van der Waals surface area contributed by atoms with Gasteiger partial charge in [0.1, 0.15) is 17.2 Å². The Kier molecular flexibility index (Phi) is 6.44. The maximum atomic E-state index is 13.1. The molecule has 39 heavy (non-hydrogen) atoms. The Bertz CT molecular complexity index is 1380. The predicted octanol–water partition coefficient (Wildman–Crippen LogP) is 5.63. The Morgan fingerprint density at radius 1 is 1.13 bits per heavy atom. The summed E-state index contributed by atoms with van der Waals surface area (Å²) in [5, 5.41) is 13.6. The monoisotopic (exact) mass is 544 g/mol. The van der Waals surface area contributed by atoms with E-state index in [0.717, 1.165) is 25.7 Å². The molecule has 2 saturated heterocycles. The van der Waals surface area contributed by atoms with Crippen molar-refractivity contribution in [3.8, 4) is 17.0 Å². The quantitative estimate of drug-likeness (QED) is 0.386. The zero-order valence-electron chi connectivity index (χ0n) is 21.1. The van der Waals surface area contributed by atoms with Crippen LogP contribution in [-0.4, -0.2) is 50.8 Å². The highest BCUT2D eigenvalue weighted by Crippen LogP contribution is 2.46. The van der Waals surface area contributed by atoms with Crippen LogP contribution in [0.15, 0.2) is 34.9 Å². The van der Waals surface area contributed by atoms with Crippen molar-refractivity contribution < 1.29 is 37.1 Å². The van der Waals surface area contributed by atoms with Crippen molar-refractivity contribution in [1.82, 2.24) is 15.1 Å². The molecule has 1 saturated carbocycles. The van der Waals surface area contributed by atoms with Gasteiger partial charge < -0.3 is 24.0 Å². The number of hydrogen-bond acceptors (Lipinski definition) is 8. The number of carboxylic acids is 1. The molecule has 1 aromatic carbocycles. The predicted molar refractivity (Wildman–Crippen MR) is 131 cm³/mol. The van der Waals surface area contributed by atoms with Gasteiger partial charge in [0.15, 0.2) is 5.69 Å². The highest BCUT2D eigenvalue weighted by molar-refractivity contribution is 5.85. The van der Waals surface area contributed by atoms with Gasteiger partial charge in [0.05, 0.1) is 12.7 Å². The fraction of sp³-hybridized carbons (Fsp3) is 0.481. The standard InChI is InChI=1S/C27H27F3N4O5/c1-14-10-21(25(35)36)32-26(31-14)34-16-8-9-17(34)12-18(11-16)37-13-20-23(33-39-24(20)15-6-7-15)19-4-2-3-5-22(19)38-27(28,29)30/h2-5,10,15-18H,6-9,11-13H2,1H3,(H,35,36)/t16-,17+,18?. The van der Waals surface area contributed by atoms with Gasteiger partial charge in [-0.3, -0.25) is 0 Å². The summed E-state index contributed by atoms with van der Waals surface area (Å²) >= 11 is 0. The summed E-state index contributed by atoms with van der Waals surface area (Å²) in [6.07, 6.45) is 0.150. The third kappa shape index (κ3) is 5.29. The van der Waals surface area contributed by atoms with Crippen LogP contribution in [0.5, 0.6) is 5.75 Å². The number of aromatic carboxylic acids is 1. The Hall–Kier alpha value is -3.67. The van der Waals surface area contributed by atoms with Gasteiger partial charge in [-0.25, -0.2) is 14.8 Å². The molecule has 2 bridgehead atoms. The Morgan fingerprint density at radius 2 is 1.85 bits per heavy atom. The SMILES string of the molecule is Cc1cc(C(=O)O)nc(N2[C@@H]3CC[C@H]2CC(OCc2c(-c4ccccc4OC(F)(F)F)noc2C2CC2)C3)n1. The van der Waals surface area contributed by atoms with E-state index in [2.05, 4.69) is 24.8 Å². The van der Waals surface area contributed by atoms with E-state index >= 15 is 0 Å². The second-order valence-corrected chi connectivity index (χ2v) is 10.4. The second-order valence-electron chi connectivity index (χ2n) is 10.4. The second kappa shape index (κ2) is 9.82. The smallest absolute Gasteiger partial charge is 0.477 e. The number of alkyl halides is 3. The van der Waals surface area contributed by atoms with Crippen molar-refractivity contribution in [2.45, 2.75) is 82.5 Å². The number of ether oxygens (including phenoxy) is 2. The number of carbonyl (C=O) groups is 1. The molecule has 3 aromatic rings. The number of hydrogen-bond donors (Lipinski definition) is 1. The minimum atomic E-state index is -4.84. The molecule has 12 heteroatoms. The molecule has 1 N–H and O–H groups in total. The van der Waals surface area contributed by atoms with E-state index in [1.807, 2.05) is 0 Å². The largest absolute Gasteiger partial charge is 0.573 e. The van der Waals surface area contributed by atoms with Crippen LogP contribution < -0.4 is 9.64 Å². The lowest BCUT2D eigenvalue weighted by molar-refractivity contribution is -0.274. The normalized spacial score (nSPS) is 22.8. The first-order chi connectivity index (χ1) is 18.7. The summed E-state index contributed by atoms with van der Waals surface area (Å²) < 4.78 is 55.4. The summed E-state index contributed by atoms with van der Waals surface area (Å²) in [5.74, 6) is -0.170. The molecule has 3 aliphatic rings. The minimum absolute atomic E-state index is 0.0300. The summed E-state index contributed by atoms with van der Waals surface area (Å²) in [4.78, 5) is 22.4. The molecule has 206 valence electrons. The van der Waals surface area contributed by atoms with E-state index in [9.17, 15) is 23.1 Å². The molecule has 2 aliphatic heterocycles. The van der Waals surface area contributed by atoms with Crippen LogP contribution in [0.25, 0.3) is 11.3 Å². The summed E-state index contributed by atoms with van der Waals surface area (Å²) in [6, 6.07) is 7.55. The zero-order valence-corrected chi connectivity index (χ0v) is 21.1. The highest BCUT2D eigenvalue weighted by Gasteiger charge is 2.43. The fourth-order valence-electron chi connectivity index (χ4n) is 5.78. The van der Waals surface area contributed by atoms with Crippen LogP contribution in [-0.2, 0) is 11.3 Å². The molecular weight excluding hydrogens is 517 g/mol. The molecule has 3 atom stereocenters. The number of carboxylic acid groups (broad SMARTS) is 1. The molecule has 4 heterocycles. The molecule has 0 amide bonds. The van der Waals surface area contributed by atoms with Crippen LogP contribution in [0.4, 0.5) is 19.1 Å². The Labute approximate surface area is 221 Å². The molecule has 0 spiro atoms. The van der Waals surface area contributed by atoms with Crippen molar-refractivity contribution in [3.05, 3.63) is 53.0 Å². The van der Waals surface area contributed by atoms with Gasteiger partial charge in [-0.05, 0) is 63.6 Å². The minimum Gasteiger partial charge on any atom is -0.477 e. The van der Waals surface area contributed by atoms with Crippen molar-refractivity contribution in [2.75, 3.05) is 4.90 Å². The lowest BCUT2D eigenvalue weighted by Crippen LogP contribution is -2.46. The number of piperidine rings is 1. The van der Waals surface area contributed by atoms with E-state index in [1.165, 1.54) is 24.3 Å². The van der Waals surface area contributed by atoms with Crippen molar-refractivity contribution in [1.29, 1.82) is 0 Å².